The van der Waals surface area contributed by atoms with Crippen LogP contribution in [0.1, 0.15) is 23.2 Å². The van der Waals surface area contributed by atoms with Gasteiger partial charge in [0.15, 0.2) is 11.5 Å². The molecule has 1 fully saturated rings. The summed E-state index contributed by atoms with van der Waals surface area (Å²) in [6.07, 6.45) is 8.31. The van der Waals surface area contributed by atoms with E-state index in [-0.39, 0.29) is 12.0 Å². The molecule has 3 N–H and O–H groups in total. The summed E-state index contributed by atoms with van der Waals surface area (Å²) in [5, 5.41) is 21.2. The van der Waals surface area contributed by atoms with Crippen molar-refractivity contribution in [2.45, 2.75) is 18.9 Å². The van der Waals surface area contributed by atoms with E-state index >= 15 is 0 Å². The zero-order valence-corrected chi connectivity index (χ0v) is 18.3. The van der Waals surface area contributed by atoms with Gasteiger partial charge in [0.2, 0.25) is 0 Å². The van der Waals surface area contributed by atoms with Crippen LogP contribution in [0.25, 0.3) is 27.8 Å². The second kappa shape index (κ2) is 8.27. The van der Waals surface area contributed by atoms with Crippen LogP contribution in [0.15, 0.2) is 67.3 Å². The van der Waals surface area contributed by atoms with Gasteiger partial charge in [-0.25, -0.2) is 9.97 Å². The lowest BCUT2D eigenvalue weighted by molar-refractivity contribution is 0.0546. The van der Waals surface area contributed by atoms with Gasteiger partial charge >= 0.3 is 0 Å². The highest BCUT2D eigenvalue weighted by Gasteiger charge is 2.22. The Bertz CT molecular complexity index is 1480. The number of imidazole rings is 1. The number of aliphatic hydroxyl groups excluding tert-OH is 1. The fourth-order valence-corrected chi connectivity index (χ4v) is 4.34. The molecule has 1 saturated heterocycles. The maximum atomic E-state index is 12.8. The lowest BCUT2D eigenvalue weighted by Crippen LogP contribution is -2.40. The van der Waals surface area contributed by atoms with Crippen LogP contribution in [0, 0.1) is 0 Å². The molecule has 1 amide bonds. The number of piperidine rings is 1. The fourth-order valence-electron chi connectivity index (χ4n) is 4.34. The first kappa shape index (κ1) is 20.4. The number of aromatic nitrogens is 5. The number of likely N-dealkylation sites (tertiary alicyclic amines) is 1. The van der Waals surface area contributed by atoms with Gasteiger partial charge < -0.3 is 19.7 Å². The van der Waals surface area contributed by atoms with Gasteiger partial charge in [-0.15, -0.1) is 0 Å². The molecule has 34 heavy (non-hydrogen) atoms. The summed E-state index contributed by atoms with van der Waals surface area (Å²) < 4.78 is 1.94. The number of carbonyl (C=O) groups excluding carboxylic acids is 1. The Morgan fingerprint density at radius 1 is 1.12 bits per heavy atom. The number of rotatable bonds is 4. The molecule has 9 heteroatoms. The van der Waals surface area contributed by atoms with Crippen molar-refractivity contribution in [3.8, 4) is 11.3 Å². The number of nitrogens with zero attached hydrogens (tertiary/aromatic N) is 5. The van der Waals surface area contributed by atoms with Gasteiger partial charge in [-0.05, 0) is 43.2 Å². The molecule has 1 aliphatic rings. The first-order valence-electron chi connectivity index (χ1n) is 11.3. The number of aromatic amines is 1. The Kier molecular flexibility index (Phi) is 4.96. The molecule has 0 unspecified atom stereocenters. The molecular formula is C25H23N7O2. The van der Waals surface area contributed by atoms with Crippen LogP contribution in [0.5, 0.6) is 0 Å². The molecule has 5 aromatic rings. The van der Waals surface area contributed by atoms with Crippen molar-refractivity contribution in [2.24, 2.45) is 0 Å². The van der Waals surface area contributed by atoms with E-state index in [0.717, 1.165) is 27.8 Å². The largest absolute Gasteiger partial charge is 0.393 e. The van der Waals surface area contributed by atoms with Crippen molar-refractivity contribution in [1.82, 2.24) is 29.5 Å². The van der Waals surface area contributed by atoms with E-state index in [4.69, 9.17) is 4.98 Å². The minimum atomic E-state index is -0.306. The summed E-state index contributed by atoms with van der Waals surface area (Å²) in [6.45, 7) is 1.16. The van der Waals surface area contributed by atoms with Gasteiger partial charge in [-0.3, -0.25) is 9.89 Å². The van der Waals surface area contributed by atoms with E-state index in [9.17, 15) is 9.90 Å². The predicted octanol–water partition coefficient (Wildman–Crippen LogP) is 3.61. The lowest BCUT2D eigenvalue weighted by Gasteiger charge is -2.29. The first-order chi connectivity index (χ1) is 16.6. The van der Waals surface area contributed by atoms with Crippen LogP contribution in [0.3, 0.4) is 0 Å². The third-order valence-electron chi connectivity index (χ3n) is 6.26. The highest BCUT2D eigenvalue weighted by atomic mass is 16.3. The summed E-state index contributed by atoms with van der Waals surface area (Å²) in [5.41, 5.74) is 4.85. The third-order valence-corrected chi connectivity index (χ3v) is 6.26. The highest BCUT2D eigenvalue weighted by molar-refractivity contribution is 5.94. The van der Waals surface area contributed by atoms with Gasteiger partial charge in [0, 0.05) is 53.9 Å². The standard InChI is InChI=1S/C25H23N7O2/c33-20-7-10-31(11-8-20)25(34)16-3-5-19(6-4-16)28-23-24-26-9-12-32(24)15-22(29-23)17-1-2-18-14-27-30-21(18)13-17/h1-6,9,12-15,20,33H,7-8,10-11H2,(H,27,30)(H,28,29). The topological polar surface area (TPSA) is 111 Å². The fraction of sp³-hybridized carbons (Fsp3) is 0.200. The van der Waals surface area contributed by atoms with Crippen molar-refractivity contribution in [1.29, 1.82) is 0 Å². The number of hydrogen-bond donors (Lipinski definition) is 3. The molecule has 0 atom stereocenters. The molecule has 0 aliphatic carbocycles. The van der Waals surface area contributed by atoms with Crippen molar-refractivity contribution in [3.63, 3.8) is 0 Å². The van der Waals surface area contributed by atoms with Crippen molar-refractivity contribution >= 4 is 34.0 Å². The smallest absolute Gasteiger partial charge is 0.253 e. The van der Waals surface area contributed by atoms with E-state index in [2.05, 4.69) is 20.5 Å². The Hall–Kier alpha value is -4.24. The molecule has 0 bridgehead atoms. The minimum Gasteiger partial charge on any atom is -0.393 e. The second-order valence-electron chi connectivity index (χ2n) is 8.53. The van der Waals surface area contributed by atoms with Gasteiger partial charge in [-0.1, -0.05) is 12.1 Å². The summed E-state index contributed by atoms with van der Waals surface area (Å²) in [6, 6.07) is 13.4. The molecule has 4 heterocycles. The number of nitrogens with one attached hydrogen (secondary N) is 2. The monoisotopic (exact) mass is 453 g/mol. The highest BCUT2D eigenvalue weighted by Crippen LogP contribution is 2.27. The van der Waals surface area contributed by atoms with Gasteiger partial charge in [0.25, 0.3) is 5.91 Å². The average Bonchev–Trinajstić information content (AvgIpc) is 3.53. The summed E-state index contributed by atoms with van der Waals surface area (Å²) in [7, 11) is 0. The minimum absolute atomic E-state index is 0.0107. The molecule has 6 rings (SSSR count). The summed E-state index contributed by atoms with van der Waals surface area (Å²) in [4.78, 5) is 23.9. The Morgan fingerprint density at radius 2 is 1.94 bits per heavy atom. The van der Waals surface area contributed by atoms with Crippen molar-refractivity contribution in [3.05, 3.63) is 72.8 Å². The van der Waals surface area contributed by atoms with Crippen molar-refractivity contribution in [2.75, 3.05) is 18.4 Å². The van der Waals surface area contributed by atoms with E-state index in [1.165, 1.54) is 0 Å². The third kappa shape index (κ3) is 3.75. The van der Waals surface area contributed by atoms with Crippen LogP contribution in [0.4, 0.5) is 11.5 Å². The van der Waals surface area contributed by atoms with Gasteiger partial charge in [-0.2, -0.15) is 5.10 Å². The van der Waals surface area contributed by atoms with Crippen LogP contribution in [0.2, 0.25) is 0 Å². The van der Waals surface area contributed by atoms with E-state index in [0.29, 0.717) is 43.0 Å². The number of fused-ring (bicyclic) bond motifs is 2. The number of benzene rings is 2. The average molecular weight is 454 g/mol. The normalized spacial score (nSPS) is 14.7. The van der Waals surface area contributed by atoms with Crippen molar-refractivity contribution < 1.29 is 9.90 Å². The Morgan fingerprint density at radius 3 is 2.76 bits per heavy atom. The Labute approximate surface area is 195 Å². The molecule has 170 valence electrons. The number of H-pyrrole nitrogens is 1. The van der Waals surface area contributed by atoms with Gasteiger partial charge in [0.1, 0.15) is 0 Å². The summed E-state index contributed by atoms with van der Waals surface area (Å²) >= 11 is 0. The molecule has 0 spiro atoms. The first-order valence-corrected chi connectivity index (χ1v) is 11.3. The molecule has 0 radical (unpaired) electrons. The van der Waals surface area contributed by atoms with Crippen LogP contribution in [-0.4, -0.2) is 59.7 Å². The van der Waals surface area contributed by atoms with E-state index in [1.807, 2.05) is 59.3 Å². The van der Waals surface area contributed by atoms with Gasteiger partial charge in [0.05, 0.1) is 23.5 Å². The molecule has 2 aromatic carbocycles. The lowest BCUT2D eigenvalue weighted by atomic mass is 10.1. The molecule has 0 saturated carbocycles. The predicted molar refractivity (Wildman–Crippen MR) is 129 cm³/mol. The SMILES string of the molecule is O=C(c1ccc(Nc2nc(-c3ccc4cn[nH]c4c3)cn3ccnc23)cc1)N1CCC(O)CC1. The summed E-state index contributed by atoms with van der Waals surface area (Å²) in [5.74, 6) is 0.611. The maximum Gasteiger partial charge on any atom is 0.253 e. The number of hydrogen-bond acceptors (Lipinski definition) is 6. The van der Waals surface area contributed by atoms with Crippen LogP contribution >= 0.6 is 0 Å². The van der Waals surface area contributed by atoms with Crippen LogP contribution < -0.4 is 5.32 Å². The van der Waals surface area contributed by atoms with Crippen LogP contribution in [-0.2, 0) is 0 Å². The molecule has 3 aromatic heterocycles. The van der Waals surface area contributed by atoms with E-state index in [1.54, 1.807) is 17.3 Å². The number of anilines is 2. The number of amides is 1. The number of aliphatic hydroxyl groups is 1. The molecular weight excluding hydrogens is 430 g/mol. The molecule has 9 nitrogen and oxygen atoms in total. The van der Waals surface area contributed by atoms with E-state index < -0.39 is 0 Å². The number of carbonyl (C=O) groups is 1. The Balaban J connectivity index is 1.27. The zero-order valence-electron chi connectivity index (χ0n) is 18.3. The maximum absolute atomic E-state index is 12.8. The molecule has 1 aliphatic heterocycles. The quantitative estimate of drug-likeness (QED) is 0.383. The zero-order chi connectivity index (χ0) is 23.1. The second-order valence-corrected chi connectivity index (χ2v) is 8.53.